The van der Waals surface area contributed by atoms with Crippen LogP contribution in [0.5, 0.6) is 5.88 Å². The predicted octanol–water partition coefficient (Wildman–Crippen LogP) is 2.65. The first kappa shape index (κ1) is 20.4. The third-order valence-electron chi connectivity index (χ3n) is 6.06. The second kappa shape index (κ2) is 8.94. The van der Waals surface area contributed by atoms with E-state index < -0.39 is 0 Å². The molecule has 0 aromatic carbocycles. The molecule has 1 amide bonds. The van der Waals surface area contributed by atoms with Gasteiger partial charge in [-0.15, -0.1) is 10.2 Å². The van der Waals surface area contributed by atoms with E-state index in [9.17, 15) is 4.79 Å². The fourth-order valence-corrected chi connectivity index (χ4v) is 4.23. The Labute approximate surface area is 187 Å². The summed E-state index contributed by atoms with van der Waals surface area (Å²) in [7, 11) is 0. The number of rotatable bonds is 5. The van der Waals surface area contributed by atoms with E-state index >= 15 is 0 Å². The first-order valence-electron chi connectivity index (χ1n) is 11.2. The molecule has 1 aliphatic heterocycles. The van der Waals surface area contributed by atoms with Gasteiger partial charge in [-0.1, -0.05) is 0 Å². The van der Waals surface area contributed by atoms with Gasteiger partial charge in [-0.25, -0.2) is 9.67 Å². The number of hydrogen-bond donors (Lipinski definition) is 0. The molecule has 1 saturated carbocycles. The average molecular weight is 434 g/mol. The molecule has 1 aliphatic carbocycles. The van der Waals surface area contributed by atoms with Gasteiger partial charge in [0, 0.05) is 44.6 Å². The Morgan fingerprint density at radius 2 is 1.72 bits per heavy atom. The lowest BCUT2D eigenvalue weighted by atomic mass is 10.2. The fraction of sp³-hybridized carbons (Fsp3) is 0.435. The third kappa shape index (κ3) is 4.42. The Morgan fingerprint density at radius 1 is 0.969 bits per heavy atom. The summed E-state index contributed by atoms with van der Waals surface area (Å²) < 4.78 is 7.60. The van der Waals surface area contributed by atoms with Crippen LogP contribution in [0.1, 0.15) is 41.7 Å². The fourth-order valence-electron chi connectivity index (χ4n) is 4.23. The van der Waals surface area contributed by atoms with Crippen molar-refractivity contribution < 1.29 is 9.53 Å². The van der Waals surface area contributed by atoms with Gasteiger partial charge in [0.25, 0.3) is 5.91 Å². The SMILES string of the molecule is Cc1ccn(-c2ccc(N3CCN(C(=O)c4ccc(OC5CCCC5)nc4)CC3)nn2)n1. The van der Waals surface area contributed by atoms with Gasteiger partial charge in [0.15, 0.2) is 11.6 Å². The van der Waals surface area contributed by atoms with Crippen molar-refractivity contribution in [2.75, 3.05) is 31.1 Å². The van der Waals surface area contributed by atoms with Gasteiger partial charge in [-0.3, -0.25) is 4.79 Å². The molecule has 166 valence electrons. The Hall–Kier alpha value is -3.49. The van der Waals surface area contributed by atoms with E-state index in [1.54, 1.807) is 16.9 Å². The van der Waals surface area contributed by atoms with Crippen molar-refractivity contribution in [3.8, 4) is 11.7 Å². The van der Waals surface area contributed by atoms with Gasteiger partial charge >= 0.3 is 0 Å². The molecule has 0 bridgehead atoms. The number of hydrogen-bond acceptors (Lipinski definition) is 7. The second-order valence-electron chi connectivity index (χ2n) is 8.34. The van der Waals surface area contributed by atoms with Crippen LogP contribution in [0, 0.1) is 6.92 Å². The summed E-state index contributed by atoms with van der Waals surface area (Å²) in [4.78, 5) is 21.2. The standard InChI is InChI=1S/C23H27N7O2/c1-17-10-11-30(27-17)21-8-7-20(25-26-21)28-12-14-29(15-13-28)23(31)18-6-9-22(24-16-18)32-19-4-2-3-5-19/h6-11,16,19H,2-5,12-15H2,1H3. The molecule has 9 nitrogen and oxygen atoms in total. The summed E-state index contributed by atoms with van der Waals surface area (Å²) in [5.41, 5.74) is 1.53. The molecule has 0 radical (unpaired) electrons. The molecule has 32 heavy (non-hydrogen) atoms. The van der Waals surface area contributed by atoms with Crippen LogP contribution in [0.15, 0.2) is 42.7 Å². The highest BCUT2D eigenvalue weighted by Crippen LogP contribution is 2.23. The Morgan fingerprint density at radius 3 is 2.34 bits per heavy atom. The van der Waals surface area contributed by atoms with E-state index in [0.29, 0.717) is 43.4 Å². The van der Waals surface area contributed by atoms with Gasteiger partial charge < -0.3 is 14.5 Å². The lowest BCUT2D eigenvalue weighted by molar-refractivity contribution is 0.0746. The summed E-state index contributed by atoms with van der Waals surface area (Å²) in [5, 5.41) is 13.0. The number of nitrogens with zero attached hydrogens (tertiary/aromatic N) is 7. The van der Waals surface area contributed by atoms with Crippen molar-refractivity contribution in [3.63, 3.8) is 0 Å². The normalized spacial score (nSPS) is 17.0. The molecule has 0 unspecified atom stereocenters. The molecular formula is C23H27N7O2. The molecule has 2 aliphatic rings. The number of pyridine rings is 1. The number of aromatic nitrogens is 5. The van der Waals surface area contributed by atoms with Gasteiger partial charge in [0.1, 0.15) is 6.10 Å². The number of amides is 1. The van der Waals surface area contributed by atoms with Crippen molar-refractivity contribution in [1.29, 1.82) is 0 Å². The number of carbonyl (C=O) groups excluding carboxylic acids is 1. The maximum absolute atomic E-state index is 12.9. The first-order valence-corrected chi connectivity index (χ1v) is 11.2. The van der Waals surface area contributed by atoms with Crippen LogP contribution in [-0.2, 0) is 0 Å². The summed E-state index contributed by atoms with van der Waals surface area (Å²) >= 11 is 0. The highest BCUT2D eigenvalue weighted by Gasteiger charge is 2.24. The van der Waals surface area contributed by atoms with Crippen LogP contribution in [0.2, 0.25) is 0 Å². The van der Waals surface area contributed by atoms with Crippen molar-refractivity contribution in [2.24, 2.45) is 0 Å². The zero-order chi connectivity index (χ0) is 21.9. The number of carbonyl (C=O) groups is 1. The molecule has 0 spiro atoms. The lowest BCUT2D eigenvalue weighted by Gasteiger charge is -2.35. The minimum absolute atomic E-state index is 0.0000467. The minimum atomic E-state index is 0.0000467. The largest absolute Gasteiger partial charge is 0.474 e. The Bertz CT molecular complexity index is 1050. The topological polar surface area (TPSA) is 89.3 Å². The number of piperazine rings is 1. The second-order valence-corrected chi connectivity index (χ2v) is 8.34. The summed E-state index contributed by atoms with van der Waals surface area (Å²) in [6.07, 6.45) is 8.36. The highest BCUT2D eigenvalue weighted by molar-refractivity contribution is 5.94. The van der Waals surface area contributed by atoms with Gasteiger partial charge in [0.2, 0.25) is 5.88 Å². The molecule has 2 fully saturated rings. The molecule has 9 heteroatoms. The lowest BCUT2D eigenvalue weighted by Crippen LogP contribution is -2.49. The summed E-state index contributed by atoms with van der Waals surface area (Å²) in [6, 6.07) is 9.40. The van der Waals surface area contributed by atoms with Crippen molar-refractivity contribution in [1.82, 2.24) is 29.9 Å². The molecule has 3 aromatic rings. The van der Waals surface area contributed by atoms with Crippen LogP contribution in [0.3, 0.4) is 0 Å². The number of aryl methyl sites for hydroxylation is 1. The molecule has 1 saturated heterocycles. The van der Waals surface area contributed by atoms with Gasteiger partial charge in [-0.2, -0.15) is 5.10 Å². The van der Waals surface area contributed by atoms with Crippen LogP contribution in [-0.4, -0.2) is 68.1 Å². The first-order chi connectivity index (χ1) is 15.7. The minimum Gasteiger partial charge on any atom is -0.474 e. The molecular weight excluding hydrogens is 406 g/mol. The van der Waals surface area contributed by atoms with E-state index in [4.69, 9.17) is 4.74 Å². The van der Waals surface area contributed by atoms with E-state index in [-0.39, 0.29) is 12.0 Å². The van der Waals surface area contributed by atoms with Gasteiger partial charge in [-0.05, 0) is 56.9 Å². The third-order valence-corrected chi connectivity index (χ3v) is 6.06. The van der Waals surface area contributed by atoms with Crippen LogP contribution in [0.25, 0.3) is 5.82 Å². The number of ether oxygens (including phenoxy) is 1. The predicted molar refractivity (Wildman–Crippen MR) is 119 cm³/mol. The molecule has 0 N–H and O–H groups in total. The van der Waals surface area contributed by atoms with E-state index in [1.807, 2.05) is 42.3 Å². The molecule has 5 rings (SSSR count). The van der Waals surface area contributed by atoms with Crippen molar-refractivity contribution >= 4 is 11.7 Å². The highest BCUT2D eigenvalue weighted by atomic mass is 16.5. The maximum atomic E-state index is 12.9. The Balaban J connectivity index is 1.16. The monoisotopic (exact) mass is 433 g/mol. The summed E-state index contributed by atoms with van der Waals surface area (Å²) in [5.74, 6) is 2.09. The van der Waals surface area contributed by atoms with Crippen LogP contribution >= 0.6 is 0 Å². The van der Waals surface area contributed by atoms with Crippen LogP contribution < -0.4 is 9.64 Å². The van der Waals surface area contributed by atoms with E-state index in [1.165, 1.54) is 12.8 Å². The van der Waals surface area contributed by atoms with Crippen LogP contribution in [0.4, 0.5) is 5.82 Å². The molecule has 3 aromatic heterocycles. The molecule has 0 atom stereocenters. The van der Waals surface area contributed by atoms with E-state index in [0.717, 1.165) is 24.4 Å². The zero-order valence-electron chi connectivity index (χ0n) is 18.2. The van der Waals surface area contributed by atoms with Crippen molar-refractivity contribution in [3.05, 3.63) is 54.0 Å². The average Bonchev–Trinajstić information content (AvgIpc) is 3.51. The zero-order valence-corrected chi connectivity index (χ0v) is 18.2. The number of anilines is 1. The summed E-state index contributed by atoms with van der Waals surface area (Å²) in [6.45, 7) is 4.60. The Kier molecular flexibility index (Phi) is 5.70. The van der Waals surface area contributed by atoms with Crippen molar-refractivity contribution in [2.45, 2.75) is 38.7 Å². The quantitative estimate of drug-likeness (QED) is 0.611. The molecule has 4 heterocycles. The van der Waals surface area contributed by atoms with Gasteiger partial charge in [0.05, 0.1) is 11.3 Å². The van der Waals surface area contributed by atoms with E-state index in [2.05, 4.69) is 25.2 Å². The maximum Gasteiger partial charge on any atom is 0.255 e. The smallest absolute Gasteiger partial charge is 0.255 e.